The smallest absolute Gasteiger partial charge is 0.0895 e. The lowest BCUT2D eigenvalue weighted by Gasteiger charge is -2.07. The van der Waals surface area contributed by atoms with Crippen LogP contribution in [0.25, 0.3) is 0 Å². The van der Waals surface area contributed by atoms with Gasteiger partial charge in [0.05, 0.1) is 12.7 Å². The van der Waals surface area contributed by atoms with E-state index in [0.29, 0.717) is 12.6 Å². The van der Waals surface area contributed by atoms with Crippen molar-refractivity contribution in [1.29, 1.82) is 0 Å². The van der Waals surface area contributed by atoms with Crippen LogP contribution in [-0.2, 0) is 0 Å². The van der Waals surface area contributed by atoms with Crippen molar-refractivity contribution in [1.82, 2.24) is 5.32 Å². The average molecular weight is 159 g/mol. The van der Waals surface area contributed by atoms with E-state index in [1.54, 1.807) is 0 Å². The molecule has 3 nitrogen and oxygen atoms in total. The number of rotatable bonds is 5. The van der Waals surface area contributed by atoms with Gasteiger partial charge >= 0.3 is 0 Å². The van der Waals surface area contributed by atoms with Crippen LogP contribution in [0.5, 0.6) is 0 Å². The van der Waals surface area contributed by atoms with Gasteiger partial charge < -0.3 is 15.5 Å². The highest BCUT2D eigenvalue weighted by Gasteiger charge is 2.34. The topological polar surface area (TPSA) is 52.5 Å². The lowest BCUT2D eigenvalue weighted by atomic mass is 10.3. The Morgan fingerprint density at radius 2 is 2.36 bits per heavy atom. The Hall–Kier alpha value is -0.120. The zero-order valence-corrected chi connectivity index (χ0v) is 6.95. The van der Waals surface area contributed by atoms with E-state index in [0.717, 1.165) is 5.92 Å². The molecule has 0 aromatic carbocycles. The largest absolute Gasteiger partial charge is 0.394 e. The van der Waals surface area contributed by atoms with Crippen LogP contribution in [0.15, 0.2) is 0 Å². The fraction of sp³-hybridized carbons (Fsp3) is 1.00. The van der Waals surface area contributed by atoms with Crippen molar-refractivity contribution in [3.63, 3.8) is 0 Å². The minimum absolute atomic E-state index is 0.142. The molecule has 3 heteroatoms. The molecule has 1 saturated carbocycles. The number of hydrogen-bond donors (Lipinski definition) is 3. The molecule has 11 heavy (non-hydrogen) atoms. The summed E-state index contributed by atoms with van der Waals surface area (Å²) in [5, 5.41) is 20.7. The second-order valence-corrected chi connectivity index (χ2v) is 3.26. The molecule has 0 radical (unpaired) electrons. The van der Waals surface area contributed by atoms with Gasteiger partial charge in [0.15, 0.2) is 0 Å². The predicted octanol–water partition coefficient (Wildman–Crippen LogP) is -0.272. The molecule has 0 spiro atoms. The Kier molecular flexibility index (Phi) is 3.30. The van der Waals surface area contributed by atoms with E-state index in [-0.39, 0.29) is 6.61 Å². The number of nitrogens with one attached hydrogen (secondary N) is 1. The average Bonchev–Trinajstić information content (AvgIpc) is 2.78. The molecule has 3 N–H and O–H groups in total. The molecule has 2 unspecified atom stereocenters. The molecule has 1 aliphatic rings. The van der Waals surface area contributed by atoms with Crippen LogP contribution in [0.1, 0.15) is 19.8 Å². The van der Waals surface area contributed by atoms with Gasteiger partial charge in [0.1, 0.15) is 0 Å². The maximum atomic E-state index is 8.98. The molecule has 1 rings (SSSR count). The Morgan fingerprint density at radius 1 is 1.64 bits per heavy atom. The van der Waals surface area contributed by atoms with Gasteiger partial charge in [-0.25, -0.2) is 0 Å². The number of aliphatic hydroxyl groups is 2. The SMILES string of the molecule is CCC1CC1NC[C@H](O)CO. The summed E-state index contributed by atoms with van der Waals surface area (Å²) in [5.74, 6) is 0.806. The number of hydrogen-bond acceptors (Lipinski definition) is 3. The summed E-state index contributed by atoms with van der Waals surface area (Å²) in [4.78, 5) is 0. The molecule has 66 valence electrons. The predicted molar refractivity (Wildman–Crippen MR) is 43.3 cm³/mol. The third-order valence-electron chi connectivity index (χ3n) is 2.27. The van der Waals surface area contributed by atoms with E-state index in [4.69, 9.17) is 10.2 Å². The molecule has 0 aromatic rings. The summed E-state index contributed by atoms with van der Waals surface area (Å²) < 4.78 is 0. The van der Waals surface area contributed by atoms with E-state index < -0.39 is 6.10 Å². The van der Waals surface area contributed by atoms with Gasteiger partial charge in [-0.15, -0.1) is 0 Å². The molecule has 1 aliphatic carbocycles. The lowest BCUT2D eigenvalue weighted by molar-refractivity contribution is 0.0938. The lowest BCUT2D eigenvalue weighted by Crippen LogP contribution is -2.31. The summed E-state index contributed by atoms with van der Waals surface area (Å²) in [6, 6.07) is 0.598. The minimum atomic E-state index is -0.590. The summed E-state index contributed by atoms with van der Waals surface area (Å²) in [6.07, 6.45) is 1.86. The highest BCUT2D eigenvalue weighted by atomic mass is 16.3. The van der Waals surface area contributed by atoms with Crippen molar-refractivity contribution in [2.75, 3.05) is 13.2 Å². The van der Waals surface area contributed by atoms with Crippen molar-refractivity contribution in [2.24, 2.45) is 5.92 Å². The van der Waals surface area contributed by atoms with Crippen molar-refractivity contribution in [3.8, 4) is 0 Å². The van der Waals surface area contributed by atoms with E-state index in [2.05, 4.69) is 12.2 Å². The van der Waals surface area contributed by atoms with Gasteiger partial charge in [0.25, 0.3) is 0 Å². The first-order valence-corrected chi connectivity index (χ1v) is 4.30. The highest BCUT2D eigenvalue weighted by molar-refractivity contribution is 4.92. The molecule has 0 bridgehead atoms. The molecule has 0 aliphatic heterocycles. The molecule has 0 aromatic heterocycles. The highest BCUT2D eigenvalue weighted by Crippen LogP contribution is 2.32. The van der Waals surface area contributed by atoms with Crippen LogP contribution in [0.2, 0.25) is 0 Å². The van der Waals surface area contributed by atoms with Crippen LogP contribution >= 0.6 is 0 Å². The Bertz CT molecular complexity index is 119. The quantitative estimate of drug-likeness (QED) is 0.517. The van der Waals surface area contributed by atoms with Gasteiger partial charge in [-0.3, -0.25) is 0 Å². The van der Waals surface area contributed by atoms with Gasteiger partial charge in [-0.2, -0.15) is 0 Å². The maximum absolute atomic E-state index is 8.98. The Morgan fingerprint density at radius 3 is 2.82 bits per heavy atom. The Balaban J connectivity index is 1.97. The first-order valence-electron chi connectivity index (χ1n) is 4.30. The third kappa shape index (κ3) is 2.77. The third-order valence-corrected chi connectivity index (χ3v) is 2.27. The first kappa shape index (κ1) is 8.97. The second kappa shape index (κ2) is 4.04. The molecule has 3 atom stereocenters. The maximum Gasteiger partial charge on any atom is 0.0895 e. The van der Waals surface area contributed by atoms with Crippen LogP contribution in [0.4, 0.5) is 0 Å². The zero-order chi connectivity index (χ0) is 8.27. The summed E-state index contributed by atoms with van der Waals surface area (Å²) >= 11 is 0. The van der Waals surface area contributed by atoms with Gasteiger partial charge in [-0.05, 0) is 12.3 Å². The van der Waals surface area contributed by atoms with E-state index in [9.17, 15) is 0 Å². The summed E-state index contributed by atoms with van der Waals surface area (Å²) in [7, 11) is 0. The van der Waals surface area contributed by atoms with E-state index >= 15 is 0 Å². The normalized spacial score (nSPS) is 31.9. The van der Waals surface area contributed by atoms with Crippen molar-refractivity contribution in [3.05, 3.63) is 0 Å². The molecular weight excluding hydrogens is 142 g/mol. The molecule has 1 fully saturated rings. The van der Waals surface area contributed by atoms with Crippen LogP contribution in [-0.4, -0.2) is 35.5 Å². The number of aliphatic hydroxyl groups excluding tert-OH is 2. The second-order valence-electron chi connectivity index (χ2n) is 3.26. The van der Waals surface area contributed by atoms with Gasteiger partial charge in [0, 0.05) is 12.6 Å². The molecular formula is C8H17NO2. The standard InChI is InChI=1S/C8H17NO2/c1-2-6-3-8(6)9-4-7(11)5-10/h6-11H,2-5H2,1H3/t6?,7-,8?/m0/s1. The fourth-order valence-electron chi connectivity index (χ4n) is 1.30. The first-order chi connectivity index (χ1) is 5.27. The van der Waals surface area contributed by atoms with E-state index in [1.807, 2.05) is 0 Å². The van der Waals surface area contributed by atoms with Crippen molar-refractivity contribution >= 4 is 0 Å². The molecule has 0 saturated heterocycles. The van der Waals surface area contributed by atoms with Crippen LogP contribution in [0, 0.1) is 5.92 Å². The van der Waals surface area contributed by atoms with Crippen molar-refractivity contribution in [2.45, 2.75) is 31.9 Å². The molecule has 0 heterocycles. The monoisotopic (exact) mass is 159 g/mol. The fourth-order valence-corrected chi connectivity index (χ4v) is 1.30. The summed E-state index contributed by atoms with van der Waals surface area (Å²) in [6.45, 7) is 2.56. The van der Waals surface area contributed by atoms with Crippen LogP contribution < -0.4 is 5.32 Å². The van der Waals surface area contributed by atoms with Gasteiger partial charge in [-0.1, -0.05) is 13.3 Å². The molecule has 0 amide bonds. The van der Waals surface area contributed by atoms with Gasteiger partial charge in [0.2, 0.25) is 0 Å². The van der Waals surface area contributed by atoms with Crippen molar-refractivity contribution < 1.29 is 10.2 Å². The zero-order valence-electron chi connectivity index (χ0n) is 6.95. The van der Waals surface area contributed by atoms with Crippen LogP contribution in [0.3, 0.4) is 0 Å². The minimum Gasteiger partial charge on any atom is -0.394 e. The van der Waals surface area contributed by atoms with E-state index in [1.165, 1.54) is 12.8 Å². The Labute approximate surface area is 67.4 Å². The summed E-state index contributed by atoms with van der Waals surface area (Å²) in [5.41, 5.74) is 0.